The van der Waals surface area contributed by atoms with Crippen LogP contribution in [0.3, 0.4) is 0 Å². The maximum Gasteiger partial charge on any atom is 0.170 e. The second kappa shape index (κ2) is 3.87. The molecular weight excluding hydrogens is 235 g/mol. The molecule has 0 unspecified atom stereocenters. The fraction of sp³-hybridized carbons (Fsp3) is 0.200. The Hall–Kier alpha value is -1.00. The SMILES string of the molecule is Cc1cc(C)c(-c2nsnc2Cl)c(F)c1. The van der Waals surface area contributed by atoms with E-state index in [-0.39, 0.29) is 11.0 Å². The summed E-state index contributed by atoms with van der Waals surface area (Å²) in [5, 5.41) is 0.255. The molecule has 1 aromatic heterocycles. The van der Waals surface area contributed by atoms with Crippen LogP contribution in [0.1, 0.15) is 11.1 Å². The summed E-state index contributed by atoms with van der Waals surface area (Å²) in [5.41, 5.74) is 2.58. The standard InChI is InChI=1S/C10H8ClFN2S/c1-5-3-6(2)8(7(12)4-5)9-10(11)14-15-13-9/h3-4H,1-2H3. The molecule has 2 nitrogen and oxygen atoms in total. The number of hydrogen-bond donors (Lipinski definition) is 0. The third kappa shape index (κ3) is 1.87. The molecule has 2 aromatic rings. The van der Waals surface area contributed by atoms with Gasteiger partial charge in [-0.25, -0.2) is 4.39 Å². The summed E-state index contributed by atoms with van der Waals surface area (Å²) >= 11 is 6.81. The highest BCUT2D eigenvalue weighted by atomic mass is 35.5. The molecule has 2 rings (SSSR count). The van der Waals surface area contributed by atoms with Gasteiger partial charge < -0.3 is 0 Å². The zero-order valence-corrected chi connectivity index (χ0v) is 9.79. The Morgan fingerprint density at radius 1 is 1.27 bits per heavy atom. The molecule has 78 valence electrons. The summed E-state index contributed by atoms with van der Waals surface area (Å²) in [6.07, 6.45) is 0. The molecule has 0 bridgehead atoms. The maximum atomic E-state index is 13.7. The zero-order chi connectivity index (χ0) is 11.0. The molecular formula is C10H8ClFN2S. The predicted octanol–water partition coefficient (Wildman–Crippen LogP) is 3.61. The second-order valence-corrected chi connectivity index (χ2v) is 4.23. The number of hydrogen-bond acceptors (Lipinski definition) is 3. The lowest BCUT2D eigenvalue weighted by Gasteiger charge is -2.05. The van der Waals surface area contributed by atoms with Crippen LogP contribution >= 0.6 is 23.3 Å². The van der Waals surface area contributed by atoms with Gasteiger partial charge in [0.25, 0.3) is 0 Å². The van der Waals surface area contributed by atoms with Gasteiger partial charge in [0.05, 0.1) is 11.7 Å². The number of halogens is 2. The molecule has 0 N–H and O–H groups in total. The minimum atomic E-state index is -0.304. The Balaban J connectivity index is 2.68. The summed E-state index contributed by atoms with van der Waals surface area (Å²) in [7, 11) is 0. The second-order valence-electron chi connectivity index (χ2n) is 3.34. The summed E-state index contributed by atoms with van der Waals surface area (Å²) in [6.45, 7) is 3.68. The molecule has 0 atom stereocenters. The van der Waals surface area contributed by atoms with Gasteiger partial charge in [-0.15, -0.1) is 0 Å². The molecule has 1 heterocycles. The van der Waals surface area contributed by atoms with Crippen molar-refractivity contribution < 1.29 is 4.39 Å². The summed E-state index contributed by atoms with van der Waals surface area (Å²) in [4.78, 5) is 0. The van der Waals surface area contributed by atoms with Crippen molar-refractivity contribution in [1.82, 2.24) is 8.75 Å². The van der Waals surface area contributed by atoms with Crippen LogP contribution < -0.4 is 0 Å². The van der Waals surface area contributed by atoms with E-state index >= 15 is 0 Å². The van der Waals surface area contributed by atoms with Crippen LogP contribution in [-0.4, -0.2) is 8.75 Å². The quantitative estimate of drug-likeness (QED) is 0.763. The van der Waals surface area contributed by atoms with Gasteiger partial charge in [-0.2, -0.15) is 8.75 Å². The first-order valence-electron chi connectivity index (χ1n) is 4.35. The van der Waals surface area contributed by atoms with Crippen LogP contribution in [0.5, 0.6) is 0 Å². The van der Waals surface area contributed by atoms with Crippen molar-refractivity contribution >= 4 is 23.3 Å². The van der Waals surface area contributed by atoms with Crippen molar-refractivity contribution in [2.75, 3.05) is 0 Å². The lowest BCUT2D eigenvalue weighted by Crippen LogP contribution is -1.91. The van der Waals surface area contributed by atoms with E-state index in [4.69, 9.17) is 11.6 Å². The average molecular weight is 243 g/mol. The third-order valence-electron chi connectivity index (χ3n) is 2.12. The van der Waals surface area contributed by atoms with Crippen molar-refractivity contribution in [3.63, 3.8) is 0 Å². The monoisotopic (exact) mass is 242 g/mol. The van der Waals surface area contributed by atoms with Crippen molar-refractivity contribution in [2.24, 2.45) is 0 Å². The molecule has 0 spiro atoms. The normalized spacial score (nSPS) is 10.7. The largest absolute Gasteiger partial charge is 0.206 e. The van der Waals surface area contributed by atoms with E-state index in [1.165, 1.54) is 6.07 Å². The highest BCUT2D eigenvalue weighted by Gasteiger charge is 2.15. The minimum absolute atomic E-state index is 0.255. The number of rotatable bonds is 1. The Kier molecular flexibility index (Phi) is 2.71. The first-order valence-corrected chi connectivity index (χ1v) is 5.45. The van der Waals surface area contributed by atoms with Gasteiger partial charge in [-0.1, -0.05) is 17.7 Å². The highest BCUT2D eigenvalue weighted by molar-refractivity contribution is 6.99. The van der Waals surface area contributed by atoms with Crippen LogP contribution in [0, 0.1) is 19.7 Å². The topological polar surface area (TPSA) is 25.8 Å². The van der Waals surface area contributed by atoms with Crippen molar-refractivity contribution in [2.45, 2.75) is 13.8 Å². The number of nitrogens with zero attached hydrogens (tertiary/aromatic N) is 2. The molecule has 0 saturated carbocycles. The van der Waals surface area contributed by atoms with Gasteiger partial charge in [0.15, 0.2) is 5.15 Å². The number of aromatic nitrogens is 2. The molecule has 1 aromatic carbocycles. The lowest BCUT2D eigenvalue weighted by molar-refractivity contribution is 0.628. The Bertz CT molecular complexity index is 487. The van der Waals surface area contributed by atoms with Crippen molar-refractivity contribution in [3.05, 3.63) is 34.2 Å². The Labute approximate surface area is 96.0 Å². The van der Waals surface area contributed by atoms with Crippen LogP contribution in [0.2, 0.25) is 5.15 Å². The third-order valence-corrected chi connectivity index (χ3v) is 3.01. The van der Waals surface area contributed by atoms with E-state index in [1.807, 2.05) is 19.9 Å². The molecule has 0 saturated heterocycles. The van der Waals surface area contributed by atoms with Crippen LogP contribution in [0.25, 0.3) is 11.3 Å². The molecule has 0 aliphatic carbocycles. The predicted molar refractivity (Wildman–Crippen MR) is 59.8 cm³/mol. The molecule has 0 aliphatic rings. The van der Waals surface area contributed by atoms with Crippen molar-refractivity contribution in [3.8, 4) is 11.3 Å². The van der Waals surface area contributed by atoms with Gasteiger partial charge in [-0.3, -0.25) is 0 Å². The molecule has 0 amide bonds. The van der Waals surface area contributed by atoms with Crippen LogP contribution in [-0.2, 0) is 0 Å². The van der Waals surface area contributed by atoms with E-state index in [2.05, 4.69) is 8.75 Å². The average Bonchev–Trinajstić information content (AvgIpc) is 2.50. The smallest absolute Gasteiger partial charge is 0.170 e. The van der Waals surface area contributed by atoms with E-state index in [1.54, 1.807) is 0 Å². The summed E-state index contributed by atoms with van der Waals surface area (Å²) < 4.78 is 21.6. The molecule has 0 aliphatic heterocycles. The molecule has 0 fully saturated rings. The van der Waals surface area contributed by atoms with Gasteiger partial charge in [0.2, 0.25) is 0 Å². The summed E-state index contributed by atoms with van der Waals surface area (Å²) in [5.74, 6) is -0.304. The van der Waals surface area contributed by atoms with Crippen LogP contribution in [0.15, 0.2) is 12.1 Å². The zero-order valence-electron chi connectivity index (χ0n) is 8.21. The van der Waals surface area contributed by atoms with E-state index < -0.39 is 0 Å². The fourth-order valence-corrected chi connectivity index (χ4v) is 2.28. The van der Waals surface area contributed by atoms with Crippen LogP contribution in [0.4, 0.5) is 4.39 Å². The first kappa shape index (κ1) is 10.5. The highest BCUT2D eigenvalue weighted by Crippen LogP contribution is 2.31. The van der Waals surface area contributed by atoms with Gasteiger partial charge in [0.1, 0.15) is 11.5 Å². The van der Waals surface area contributed by atoms with E-state index in [0.717, 1.165) is 22.9 Å². The fourth-order valence-electron chi connectivity index (χ4n) is 1.54. The number of aryl methyl sites for hydroxylation is 2. The van der Waals surface area contributed by atoms with E-state index in [9.17, 15) is 4.39 Å². The van der Waals surface area contributed by atoms with Gasteiger partial charge >= 0.3 is 0 Å². The number of benzene rings is 1. The molecule has 0 radical (unpaired) electrons. The first-order chi connectivity index (χ1) is 7.09. The molecule has 5 heteroatoms. The Morgan fingerprint density at radius 3 is 2.53 bits per heavy atom. The van der Waals surface area contributed by atoms with Gasteiger partial charge in [0, 0.05) is 5.56 Å². The lowest BCUT2D eigenvalue weighted by atomic mass is 10.0. The van der Waals surface area contributed by atoms with E-state index in [0.29, 0.717) is 11.3 Å². The summed E-state index contributed by atoms with van der Waals surface area (Å²) in [6, 6.07) is 3.37. The minimum Gasteiger partial charge on any atom is -0.206 e. The molecule has 15 heavy (non-hydrogen) atoms. The van der Waals surface area contributed by atoms with Gasteiger partial charge in [-0.05, 0) is 31.0 Å². The maximum absolute atomic E-state index is 13.7. The Morgan fingerprint density at radius 2 is 2.00 bits per heavy atom. The van der Waals surface area contributed by atoms with Crippen molar-refractivity contribution in [1.29, 1.82) is 0 Å².